The molecule has 1 aliphatic heterocycles. The monoisotopic (exact) mass is 242 g/mol. The summed E-state index contributed by atoms with van der Waals surface area (Å²) in [6.45, 7) is 15.4. The summed E-state index contributed by atoms with van der Waals surface area (Å²) in [5.74, 6) is 0.736. The second-order valence-corrected chi connectivity index (χ2v) is 5.66. The van der Waals surface area contributed by atoms with E-state index in [2.05, 4.69) is 44.8 Å². The van der Waals surface area contributed by atoms with E-state index in [0.29, 0.717) is 18.2 Å². The largest absolute Gasteiger partial charge is 0.374 e. The van der Waals surface area contributed by atoms with E-state index in [-0.39, 0.29) is 0 Å². The van der Waals surface area contributed by atoms with Crippen LogP contribution < -0.4 is 5.32 Å². The van der Waals surface area contributed by atoms with Crippen LogP contribution >= 0.6 is 0 Å². The minimum Gasteiger partial charge on any atom is -0.374 e. The Balaban J connectivity index is 2.27. The van der Waals surface area contributed by atoms with E-state index in [1.165, 1.54) is 6.42 Å². The van der Waals surface area contributed by atoms with Crippen molar-refractivity contribution in [3.05, 3.63) is 0 Å². The highest BCUT2D eigenvalue weighted by atomic mass is 16.5. The summed E-state index contributed by atoms with van der Waals surface area (Å²) < 4.78 is 5.82. The predicted octanol–water partition coefficient (Wildman–Crippen LogP) is 2.12. The molecular formula is C14H30N2O. The van der Waals surface area contributed by atoms with Gasteiger partial charge in [-0.1, -0.05) is 20.3 Å². The van der Waals surface area contributed by atoms with Crippen LogP contribution in [-0.2, 0) is 4.74 Å². The molecule has 1 heterocycles. The van der Waals surface area contributed by atoms with Crippen molar-refractivity contribution in [1.82, 2.24) is 10.2 Å². The fourth-order valence-electron chi connectivity index (χ4n) is 2.21. The van der Waals surface area contributed by atoms with Gasteiger partial charge in [-0.05, 0) is 26.7 Å². The van der Waals surface area contributed by atoms with E-state index in [9.17, 15) is 0 Å². The molecule has 0 bridgehead atoms. The third-order valence-corrected chi connectivity index (χ3v) is 4.07. The van der Waals surface area contributed by atoms with E-state index >= 15 is 0 Å². The van der Waals surface area contributed by atoms with Gasteiger partial charge in [0.1, 0.15) is 0 Å². The fraction of sp³-hybridized carbons (Fsp3) is 1.00. The molecule has 0 aromatic carbocycles. The maximum atomic E-state index is 5.82. The molecule has 17 heavy (non-hydrogen) atoms. The molecule has 0 aromatic heterocycles. The summed E-state index contributed by atoms with van der Waals surface area (Å²) in [5, 5.41) is 3.61. The van der Waals surface area contributed by atoms with Crippen LogP contribution in [0.1, 0.15) is 41.0 Å². The summed E-state index contributed by atoms with van der Waals surface area (Å²) >= 11 is 0. The molecule has 1 rings (SSSR count). The molecule has 1 N–H and O–H groups in total. The van der Waals surface area contributed by atoms with E-state index in [1.807, 2.05) is 0 Å². The molecule has 3 atom stereocenters. The highest BCUT2D eigenvalue weighted by molar-refractivity contribution is 4.77. The van der Waals surface area contributed by atoms with Gasteiger partial charge in [0.15, 0.2) is 0 Å². The highest BCUT2D eigenvalue weighted by Gasteiger charge is 2.22. The number of rotatable bonds is 6. The fourth-order valence-corrected chi connectivity index (χ4v) is 2.21. The quantitative estimate of drug-likeness (QED) is 0.772. The second-order valence-electron chi connectivity index (χ2n) is 5.66. The Bertz CT molecular complexity index is 208. The first-order valence-electron chi connectivity index (χ1n) is 7.13. The SMILES string of the molecule is CCC(C)C(C)NCC1CN(C(C)C)CCO1. The van der Waals surface area contributed by atoms with Crippen LogP contribution in [0.4, 0.5) is 0 Å². The molecule has 3 nitrogen and oxygen atoms in total. The zero-order valence-corrected chi connectivity index (χ0v) is 12.2. The molecule has 0 radical (unpaired) electrons. The Morgan fingerprint density at radius 3 is 2.59 bits per heavy atom. The van der Waals surface area contributed by atoms with Crippen molar-refractivity contribution >= 4 is 0 Å². The average molecular weight is 242 g/mol. The maximum absolute atomic E-state index is 5.82. The molecule has 1 aliphatic rings. The van der Waals surface area contributed by atoms with Crippen molar-refractivity contribution in [3.8, 4) is 0 Å². The van der Waals surface area contributed by atoms with Crippen LogP contribution in [0.5, 0.6) is 0 Å². The second kappa shape index (κ2) is 7.34. The van der Waals surface area contributed by atoms with Crippen LogP contribution in [0.25, 0.3) is 0 Å². The Hall–Kier alpha value is -0.120. The highest BCUT2D eigenvalue weighted by Crippen LogP contribution is 2.10. The number of nitrogens with zero attached hydrogens (tertiary/aromatic N) is 1. The minimum atomic E-state index is 0.359. The van der Waals surface area contributed by atoms with Crippen molar-refractivity contribution in [2.24, 2.45) is 5.92 Å². The van der Waals surface area contributed by atoms with E-state index in [1.54, 1.807) is 0 Å². The van der Waals surface area contributed by atoms with Gasteiger partial charge in [-0.15, -0.1) is 0 Å². The van der Waals surface area contributed by atoms with Crippen LogP contribution in [0, 0.1) is 5.92 Å². The molecule has 102 valence electrons. The third kappa shape index (κ3) is 4.94. The molecule has 3 unspecified atom stereocenters. The van der Waals surface area contributed by atoms with E-state index < -0.39 is 0 Å². The van der Waals surface area contributed by atoms with Crippen molar-refractivity contribution in [3.63, 3.8) is 0 Å². The molecular weight excluding hydrogens is 212 g/mol. The van der Waals surface area contributed by atoms with Gasteiger partial charge in [0.2, 0.25) is 0 Å². The summed E-state index contributed by atoms with van der Waals surface area (Å²) in [7, 11) is 0. The standard InChI is InChI=1S/C14H30N2O/c1-6-12(4)13(5)15-9-14-10-16(11(2)3)7-8-17-14/h11-15H,6-10H2,1-5H3. The lowest BCUT2D eigenvalue weighted by atomic mass is 10.0. The summed E-state index contributed by atoms with van der Waals surface area (Å²) in [6, 6.07) is 1.21. The maximum Gasteiger partial charge on any atom is 0.0826 e. The number of nitrogens with one attached hydrogen (secondary N) is 1. The summed E-state index contributed by atoms with van der Waals surface area (Å²) in [5.41, 5.74) is 0. The average Bonchev–Trinajstić information content (AvgIpc) is 2.35. The van der Waals surface area contributed by atoms with E-state index in [0.717, 1.165) is 32.2 Å². The molecule has 0 aromatic rings. The van der Waals surface area contributed by atoms with Gasteiger partial charge in [0.05, 0.1) is 12.7 Å². The topological polar surface area (TPSA) is 24.5 Å². The van der Waals surface area contributed by atoms with Crippen molar-refractivity contribution in [2.45, 2.75) is 59.2 Å². The Kier molecular flexibility index (Phi) is 6.45. The number of hydrogen-bond acceptors (Lipinski definition) is 3. The van der Waals surface area contributed by atoms with Gasteiger partial charge in [-0.25, -0.2) is 0 Å². The summed E-state index contributed by atoms with van der Waals surface area (Å²) in [4.78, 5) is 2.50. The van der Waals surface area contributed by atoms with Gasteiger partial charge in [0.25, 0.3) is 0 Å². The number of hydrogen-bond donors (Lipinski definition) is 1. The van der Waals surface area contributed by atoms with Crippen LogP contribution in [-0.4, -0.2) is 49.3 Å². The molecule has 0 saturated carbocycles. The van der Waals surface area contributed by atoms with Crippen molar-refractivity contribution in [2.75, 3.05) is 26.2 Å². The number of ether oxygens (including phenoxy) is 1. The Morgan fingerprint density at radius 2 is 2.00 bits per heavy atom. The predicted molar refractivity (Wildman–Crippen MR) is 73.4 cm³/mol. The van der Waals surface area contributed by atoms with Gasteiger partial charge in [0, 0.05) is 31.7 Å². The molecule has 1 saturated heterocycles. The smallest absolute Gasteiger partial charge is 0.0826 e. The third-order valence-electron chi connectivity index (χ3n) is 4.07. The van der Waals surface area contributed by atoms with Crippen LogP contribution in [0.3, 0.4) is 0 Å². The molecule has 0 amide bonds. The first-order chi connectivity index (χ1) is 8.04. The zero-order chi connectivity index (χ0) is 12.8. The van der Waals surface area contributed by atoms with E-state index in [4.69, 9.17) is 4.74 Å². The molecule has 0 spiro atoms. The van der Waals surface area contributed by atoms with Gasteiger partial charge < -0.3 is 10.1 Å². The normalized spacial score (nSPS) is 26.1. The lowest BCUT2D eigenvalue weighted by Gasteiger charge is -2.36. The minimum absolute atomic E-state index is 0.359. The summed E-state index contributed by atoms with van der Waals surface area (Å²) in [6.07, 6.45) is 1.59. The first-order valence-corrected chi connectivity index (χ1v) is 7.13. The van der Waals surface area contributed by atoms with Gasteiger partial charge >= 0.3 is 0 Å². The van der Waals surface area contributed by atoms with Gasteiger partial charge in [-0.2, -0.15) is 0 Å². The van der Waals surface area contributed by atoms with Crippen molar-refractivity contribution < 1.29 is 4.74 Å². The van der Waals surface area contributed by atoms with Crippen molar-refractivity contribution in [1.29, 1.82) is 0 Å². The van der Waals surface area contributed by atoms with Gasteiger partial charge in [-0.3, -0.25) is 4.90 Å². The number of morpholine rings is 1. The Morgan fingerprint density at radius 1 is 1.29 bits per heavy atom. The van der Waals surface area contributed by atoms with Crippen LogP contribution in [0.2, 0.25) is 0 Å². The lowest BCUT2D eigenvalue weighted by molar-refractivity contribution is -0.0384. The molecule has 3 heteroatoms. The Labute approximate surface area is 107 Å². The van der Waals surface area contributed by atoms with Crippen LogP contribution in [0.15, 0.2) is 0 Å². The molecule has 1 fully saturated rings. The lowest BCUT2D eigenvalue weighted by Crippen LogP contribution is -2.50. The zero-order valence-electron chi connectivity index (χ0n) is 12.2. The first kappa shape index (κ1) is 14.9. The molecule has 0 aliphatic carbocycles.